The minimum atomic E-state index is -1.19. The van der Waals surface area contributed by atoms with Gasteiger partial charge in [0.1, 0.15) is 11.5 Å². The Morgan fingerprint density at radius 3 is 2.65 bits per heavy atom. The van der Waals surface area contributed by atoms with E-state index < -0.39 is 8.07 Å². The number of aromatic nitrogens is 2. The lowest BCUT2D eigenvalue weighted by Crippen LogP contribution is -2.39. The largest absolute Gasteiger partial charge is 0.381 e. The molecule has 2 aliphatic rings. The maximum atomic E-state index is 13.5. The highest BCUT2D eigenvalue weighted by Crippen LogP contribution is 2.32. The summed E-state index contributed by atoms with van der Waals surface area (Å²) >= 11 is 0. The summed E-state index contributed by atoms with van der Waals surface area (Å²) in [4.78, 5) is 23.6. The summed E-state index contributed by atoms with van der Waals surface area (Å²) in [6.07, 6.45) is 6.48. The van der Waals surface area contributed by atoms with Gasteiger partial charge in [0, 0.05) is 51.6 Å². The molecule has 1 saturated heterocycles. The van der Waals surface area contributed by atoms with E-state index in [1.165, 1.54) is 17.2 Å². The van der Waals surface area contributed by atoms with E-state index in [0.29, 0.717) is 50.9 Å². The molecule has 0 saturated carbocycles. The number of rotatable bonds is 12. The SMILES string of the molecule is C[Si](C)(C)CCOCON1CCc2c(ncc3c2c(COCC2CCOCC2)cn3Cc2ccc(F)cc2)C1=O. The molecule has 2 aliphatic heterocycles. The number of pyridine rings is 1. The predicted molar refractivity (Wildman–Crippen MR) is 153 cm³/mol. The molecule has 2 aromatic heterocycles. The van der Waals surface area contributed by atoms with Gasteiger partial charge in [-0.15, -0.1) is 0 Å². The Kier molecular flexibility index (Phi) is 9.32. The first-order valence-corrected chi connectivity index (χ1v) is 17.9. The number of nitrogens with zero attached hydrogens (tertiary/aromatic N) is 3. The van der Waals surface area contributed by atoms with Crippen LogP contribution in [0.1, 0.15) is 40.0 Å². The molecule has 5 rings (SSSR count). The summed E-state index contributed by atoms with van der Waals surface area (Å²) in [5, 5.41) is 2.38. The number of ether oxygens (including phenoxy) is 3. The quantitative estimate of drug-likeness (QED) is 0.165. The third kappa shape index (κ3) is 7.16. The molecule has 0 radical (unpaired) electrons. The molecule has 40 heavy (non-hydrogen) atoms. The van der Waals surface area contributed by atoms with Crippen molar-refractivity contribution in [3.05, 3.63) is 64.9 Å². The van der Waals surface area contributed by atoms with E-state index in [1.54, 1.807) is 18.3 Å². The zero-order valence-corrected chi connectivity index (χ0v) is 24.8. The Morgan fingerprint density at radius 2 is 1.90 bits per heavy atom. The Hall–Kier alpha value is -2.63. The van der Waals surface area contributed by atoms with Gasteiger partial charge in [0.2, 0.25) is 0 Å². The Labute approximate surface area is 236 Å². The molecule has 1 amide bonds. The monoisotopic (exact) mass is 569 g/mol. The summed E-state index contributed by atoms with van der Waals surface area (Å²) in [5.74, 6) is -0.0137. The first kappa shape index (κ1) is 28.9. The number of carbonyl (C=O) groups excluding carboxylic acids is 1. The summed E-state index contributed by atoms with van der Waals surface area (Å²) in [6, 6.07) is 7.57. The summed E-state index contributed by atoms with van der Waals surface area (Å²) in [6.45, 7) is 11.3. The second kappa shape index (κ2) is 12.9. The van der Waals surface area contributed by atoms with E-state index in [2.05, 4.69) is 35.4 Å². The van der Waals surface area contributed by atoms with Gasteiger partial charge in [-0.05, 0) is 54.5 Å². The topological polar surface area (TPSA) is 75.1 Å². The number of fused-ring (bicyclic) bond motifs is 3. The fourth-order valence-corrected chi connectivity index (χ4v) is 5.99. The maximum absolute atomic E-state index is 13.5. The van der Waals surface area contributed by atoms with Gasteiger partial charge in [0.15, 0.2) is 6.79 Å². The van der Waals surface area contributed by atoms with Crippen molar-refractivity contribution in [3.63, 3.8) is 0 Å². The Morgan fingerprint density at radius 1 is 1.12 bits per heavy atom. The Bertz CT molecular complexity index is 1300. The van der Waals surface area contributed by atoms with Gasteiger partial charge in [0.25, 0.3) is 5.91 Å². The average Bonchev–Trinajstić information content (AvgIpc) is 3.28. The van der Waals surface area contributed by atoms with E-state index in [9.17, 15) is 9.18 Å². The van der Waals surface area contributed by atoms with Crippen LogP contribution in [-0.4, -0.2) is 68.4 Å². The molecule has 1 fully saturated rings. The highest BCUT2D eigenvalue weighted by molar-refractivity contribution is 6.76. The molecular weight excluding hydrogens is 529 g/mol. The van der Waals surface area contributed by atoms with Crippen LogP contribution < -0.4 is 0 Å². The van der Waals surface area contributed by atoms with Crippen LogP contribution in [0.2, 0.25) is 25.7 Å². The first-order chi connectivity index (χ1) is 19.3. The van der Waals surface area contributed by atoms with Crippen molar-refractivity contribution in [2.75, 3.05) is 39.8 Å². The molecule has 0 atom stereocenters. The van der Waals surface area contributed by atoms with Gasteiger partial charge in [-0.25, -0.2) is 19.3 Å². The van der Waals surface area contributed by atoms with E-state index >= 15 is 0 Å². The fourth-order valence-electron chi connectivity index (χ4n) is 5.24. The number of hydrogen-bond acceptors (Lipinski definition) is 6. The molecule has 0 N–H and O–H groups in total. The van der Waals surface area contributed by atoms with Gasteiger partial charge >= 0.3 is 0 Å². The molecule has 216 valence electrons. The molecule has 3 aromatic rings. The number of benzene rings is 1. The van der Waals surface area contributed by atoms with Gasteiger partial charge in [0.05, 0.1) is 31.5 Å². The molecular formula is C30H40FN3O5Si. The van der Waals surface area contributed by atoms with Crippen molar-refractivity contribution in [1.29, 1.82) is 0 Å². The van der Waals surface area contributed by atoms with Crippen LogP contribution in [0, 0.1) is 11.7 Å². The van der Waals surface area contributed by atoms with Crippen LogP contribution in [0.25, 0.3) is 10.9 Å². The van der Waals surface area contributed by atoms with Gasteiger partial charge in [-0.1, -0.05) is 31.8 Å². The second-order valence-electron chi connectivity index (χ2n) is 11.9. The molecule has 8 nitrogen and oxygen atoms in total. The molecule has 10 heteroatoms. The van der Waals surface area contributed by atoms with E-state index in [1.807, 2.05) is 0 Å². The summed E-state index contributed by atoms with van der Waals surface area (Å²) in [5.41, 5.74) is 4.27. The number of halogens is 1. The minimum absolute atomic E-state index is 0.0488. The lowest BCUT2D eigenvalue weighted by atomic mass is 9.99. The van der Waals surface area contributed by atoms with Crippen LogP contribution in [0.4, 0.5) is 4.39 Å². The number of carbonyl (C=O) groups is 1. The van der Waals surface area contributed by atoms with Crippen molar-refractivity contribution in [1.82, 2.24) is 14.6 Å². The Balaban J connectivity index is 1.35. The highest BCUT2D eigenvalue weighted by atomic mass is 28.3. The standard InChI is InChI=1S/C30H40FN3O5Si/c1-40(2,3)15-14-37-21-39-34-11-8-26-28-24(20-38-19-23-9-12-36-13-10-23)18-33(17-22-4-6-25(31)7-5-22)27(28)16-32-29(26)30(34)35/h4-7,16,18,23H,8-15,17,19-21H2,1-3H3. The van der Waals surface area contributed by atoms with Gasteiger partial charge < -0.3 is 18.8 Å². The predicted octanol–water partition coefficient (Wildman–Crippen LogP) is 5.41. The zero-order valence-electron chi connectivity index (χ0n) is 23.8. The van der Waals surface area contributed by atoms with Crippen molar-refractivity contribution in [3.8, 4) is 0 Å². The average molecular weight is 570 g/mol. The fraction of sp³-hybridized carbons (Fsp3) is 0.533. The first-order valence-electron chi connectivity index (χ1n) is 14.2. The van der Waals surface area contributed by atoms with E-state index in [0.717, 1.165) is 59.7 Å². The van der Waals surface area contributed by atoms with Gasteiger partial charge in [-0.2, -0.15) is 0 Å². The number of hydrogen-bond donors (Lipinski definition) is 0. The highest BCUT2D eigenvalue weighted by Gasteiger charge is 2.30. The number of amides is 1. The van der Waals surface area contributed by atoms with Crippen LogP contribution in [0.5, 0.6) is 0 Å². The van der Waals surface area contributed by atoms with E-state index in [-0.39, 0.29) is 18.5 Å². The molecule has 0 spiro atoms. The van der Waals surface area contributed by atoms with Crippen LogP contribution in [0.3, 0.4) is 0 Å². The second-order valence-corrected chi connectivity index (χ2v) is 17.6. The molecule has 0 aliphatic carbocycles. The smallest absolute Gasteiger partial charge is 0.296 e. The van der Waals surface area contributed by atoms with Crippen molar-refractivity contribution < 1.29 is 28.2 Å². The van der Waals surface area contributed by atoms with Crippen molar-refractivity contribution >= 4 is 24.9 Å². The number of hydroxylamine groups is 2. The van der Waals surface area contributed by atoms with Crippen LogP contribution in [0.15, 0.2) is 36.7 Å². The third-order valence-corrected chi connectivity index (χ3v) is 9.31. The van der Waals surface area contributed by atoms with Crippen molar-refractivity contribution in [2.45, 2.75) is 58.1 Å². The molecule has 0 bridgehead atoms. The maximum Gasteiger partial charge on any atom is 0.296 e. The summed E-state index contributed by atoms with van der Waals surface area (Å²) < 4.78 is 33.0. The van der Waals surface area contributed by atoms with Crippen LogP contribution >= 0.6 is 0 Å². The third-order valence-electron chi connectivity index (χ3n) is 7.60. The summed E-state index contributed by atoms with van der Waals surface area (Å²) in [7, 11) is -1.19. The van der Waals surface area contributed by atoms with Gasteiger partial charge in [-0.3, -0.25) is 4.79 Å². The zero-order chi connectivity index (χ0) is 28.1. The van der Waals surface area contributed by atoms with E-state index in [4.69, 9.17) is 19.0 Å². The minimum Gasteiger partial charge on any atom is -0.381 e. The molecule has 4 heterocycles. The normalized spacial score (nSPS) is 16.6. The lowest BCUT2D eigenvalue weighted by Gasteiger charge is -2.27. The molecule has 0 unspecified atom stereocenters. The molecule has 1 aromatic carbocycles. The van der Waals surface area contributed by atoms with Crippen LogP contribution in [-0.2, 0) is 38.6 Å². The lowest BCUT2D eigenvalue weighted by molar-refractivity contribution is -0.195. The van der Waals surface area contributed by atoms with Crippen molar-refractivity contribution in [2.24, 2.45) is 5.92 Å².